The molecule has 2 N–H and O–H groups in total. The van der Waals surface area contributed by atoms with Gasteiger partial charge in [-0.05, 0) is 20.8 Å². The van der Waals surface area contributed by atoms with Gasteiger partial charge in [0, 0.05) is 26.2 Å². The topological polar surface area (TPSA) is 82.8 Å². The predicted octanol–water partition coefficient (Wildman–Crippen LogP) is 0.435. The molecule has 0 aliphatic rings. The van der Waals surface area contributed by atoms with E-state index in [9.17, 15) is 4.79 Å². The smallest absolute Gasteiger partial charge is 0.241 e. The molecule has 1 aromatic heterocycles. The van der Waals surface area contributed by atoms with Crippen LogP contribution in [0.4, 0.5) is 0 Å². The number of hydrogen-bond donors (Lipinski definition) is 2. The molecule has 0 aliphatic heterocycles. The van der Waals surface area contributed by atoms with Gasteiger partial charge in [0.1, 0.15) is 5.76 Å². The Balaban J connectivity index is 2.65. The highest BCUT2D eigenvalue weighted by atomic mass is 16.5. The highest BCUT2D eigenvalue weighted by molar-refractivity contribution is 5.86. The van der Waals surface area contributed by atoms with Crippen LogP contribution in [0, 0.1) is 13.8 Å². The third-order valence-electron chi connectivity index (χ3n) is 2.83. The fourth-order valence-electron chi connectivity index (χ4n) is 1.54. The lowest BCUT2D eigenvalue weighted by Gasteiger charge is -2.14. The van der Waals surface area contributed by atoms with Crippen molar-refractivity contribution < 1.29 is 9.32 Å². The molecule has 0 aliphatic carbocycles. The second-order valence-corrected chi connectivity index (χ2v) is 4.64. The highest BCUT2D eigenvalue weighted by Gasteiger charge is 2.09. The van der Waals surface area contributed by atoms with Crippen LogP contribution in [0.2, 0.25) is 0 Å². The minimum atomic E-state index is -0.00654. The molecule has 0 bridgehead atoms. The van der Waals surface area contributed by atoms with E-state index in [2.05, 4.69) is 20.8 Å². The number of guanidine groups is 1. The zero-order chi connectivity index (χ0) is 15.1. The van der Waals surface area contributed by atoms with E-state index >= 15 is 0 Å². The summed E-state index contributed by atoms with van der Waals surface area (Å²) in [5.74, 6) is 1.36. The first kappa shape index (κ1) is 16.0. The van der Waals surface area contributed by atoms with Crippen LogP contribution in [0.25, 0.3) is 0 Å². The van der Waals surface area contributed by atoms with Gasteiger partial charge in [0.15, 0.2) is 5.96 Å². The molecule has 112 valence electrons. The summed E-state index contributed by atoms with van der Waals surface area (Å²) in [6, 6.07) is 0. The lowest BCUT2D eigenvalue weighted by atomic mass is 10.2. The van der Waals surface area contributed by atoms with Gasteiger partial charge >= 0.3 is 0 Å². The number of amides is 1. The van der Waals surface area contributed by atoms with Gasteiger partial charge in [-0.2, -0.15) is 0 Å². The summed E-state index contributed by atoms with van der Waals surface area (Å²) < 4.78 is 5.10. The third kappa shape index (κ3) is 4.56. The Kier molecular flexibility index (Phi) is 6.02. The van der Waals surface area contributed by atoms with Crippen molar-refractivity contribution in [2.75, 3.05) is 27.2 Å². The summed E-state index contributed by atoms with van der Waals surface area (Å²) in [5, 5.41) is 9.99. The Hall–Kier alpha value is -2.05. The molecule has 1 rings (SSSR count). The Morgan fingerprint density at radius 2 is 2.05 bits per heavy atom. The van der Waals surface area contributed by atoms with Crippen molar-refractivity contribution in [1.82, 2.24) is 20.7 Å². The van der Waals surface area contributed by atoms with Crippen molar-refractivity contribution >= 4 is 11.9 Å². The number of aromatic nitrogens is 1. The van der Waals surface area contributed by atoms with Gasteiger partial charge in [-0.3, -0.25) is 4.79 Å². The molecule has 20 heavy (non-hydrogen) atoms. The lowest BCUT2D eigenvalue weighted by Crippen LogP contribution is -2.42. The molecular formula is C13H23N5O2. The number of rotatable bonds is 5. The van der Waals surface area contributed by atoms with E-state index in [0.717, 1.165) is 23.6 Å². The Morgan fingerprint density at radius 3 is 2.55 bits per heavy atom. The van der Waals surface area contributed by atoms with Crippen LogP contribution in [0.5, 0.6) is 0 Å². The van der Waals surface area contributed by atoms with Crippen LogP contribution < -0.4 is 10.6 Å². The summed E-state index contributed by atoms with van der Waals surface area (Å²) >= 11 is 0. The molecule has 0 saturated heterocycles. The lowest BCUT2D eigenvalue weighted by molar-refractivity contribution is -0.127. The summed E-state index contributed by atoms with van der Waals surface area (Å²) in [4.78, 5) is 17.5. The minimum Gasteiger partial charge on any atom is -0.361 e. The standard InChI is InChI=1S/C13H23N5O2/c1-6-14-13(16-8-12(19)18(4)5)15-7-11-9(2)17-20-10(11)3/h6-8H2,1-5H3,(H2,14,15,16). The number of carbonyl (C=O) groups excluding carboxylic acids is 1. The summed E-state index contributed by atoms with van der Waals surface area (Å²) in [6.07, 6.45) is 0. The van der Waals surface area contributed by atoms with Crippen LogP contribution in [0.1, 0.15) is 23.9 Å². The molecule has 0 radical (unpaired) electrons. The first-order valence-electron chi connectivity index (χ1n) is 6.59. The molecule has 1 heterocycles. The van der Waals surface area contributed by atoms with Crippen molar-refractivity contribution in [1.29, 1.82) is 0 Å². The molecule has 7 heteroatoms. The van der Waals surface area contributed by atoms with Gasteiger partial charge in [0.2, 0.25) is 5.91 Å². The van der Waals surface area contributed by atoms with Crippen molar-refractivity contribution in [3.8, 4) is 0 Å². The average molecular weight is 281 g/mol. The van der Waals surface area contributed by atoms with Crippen molar-refractivity contribution in [3.63, 3.8) is 0 Å². The summed E-state index contributed by atoms with van der Waals surface area (Å²) in [6.45, 7) is 7.12. The second kappa shape index (κ2) is 7.52. The van der Waals surface area contributed by atoms with E-state index in [0.29, 0.717) is 12.5 Å². The fraction of sp³-hybridized carbons (Fsp3) is 0.615. The zero-order valence-electron chi connectivity index (χ0n) is 12.8. The first-order valence-corrected chi connectivity index (χ1v) is 6.59. The van der Waals surface area contributed by atoms with Crippen molar-refractivity contribution in [2.45, 2.75) is 27.3 Å². The van der Waals surface area contributed by atoms with E-state index in [1.54, 1.807) is 14.1 Å². The number of aliphatic imine (C=N–C) groups is 1. The van der Waals surface area contributed by atoms with Gasteiger partial charge in [-0.15, -0.1) is 0 Å². The van der Waals surface area contributed by atoms with E-state index in [4.69, 9.17) is 4.52 Å². The molecule has 0 atom stereocenters. The van der Waals surface area contributed by atoms with Crippen LogP contribution in [0.15, 0.2) is 9.52 Å². The Morgan fingerprint density at radius 1 is 1.35 bits per heavy atom. The Labute approximate surface area is 119 Å². The minimum absolute atomic E-state index is 0.00654. The summed E-state index contributed by atoms with van der Waals surface area (Å²) in [5.41, 5.74) is 1.81. The molecular weight excluding hydrogens is 258 g/mol. The third-order valence-corrected chi connectivity index (χ3v) is 2.83. The number of aryl methyl sites for hydroxylation is 2. The monoisotopic (exact) mass is 281 g/mol. The maximum absolute atomic E-state index is 11.5. The number of nitrogens with one attached hydrogen (secondary N) is 2. The maximum atomic E-state index is 11.5. The van der Waals surface area contributed by atoms with E-state index < -0.39 is 0 Å². The number of likely N-dealkylation sites (N-methyl/N-ethyl adjacent to an activating group) is 1. The SMILES string of the molecule is CCNC(=NCc1c(C)noc1C)NCC(=O)N(C)C. The van der Waals surface area contributed by atoms with Gasteiger partial charge in [0.25, 0.3) is 0 Å². The molecule has 0 spiro atoms. The molecule has 1 amide bonds. The predicted molar refractivity (Wildman–Crippen MR) is 77.5 cm³/mol. The van der Waals surface area contributed by atoms with Gasteiger partial charge in [-0.1, -0.05) is 5.16 Å². The van der Waals surface area contributed by atoms with Crippen molar-refractivity contribution in [3.05, 3.63) is 17.0 Å². The van der Waals surface area contributed by atoms with E-state index in [1.165, 1.54) is 4.90 Å². The molecule has 1 aromatic rings. The largest absolute Gasteiger partial charge is 0.361 e. The van der Waals surface area contributed by atoms with Gasteiger partial charge < -0.3 is 20.1 Å². The van der Waals surface area contributed by atoms with E-state index in [1.807, 2.05) is 20.8 Å². The zero-order valence-corrected chi connectivity index (χ0v) is 12.8. The fourth-order valence-corrected chi connectivity index (χ4v) is 1.54. The van der Waals surface area contributed by atoms with Crippen LogP contribution in [0.3, 0.4) is 0 Å². The van der Waals surface area contributed by atoms with Crippen LogP contribution in [-0.2, 0) is 11.3 Å². The number of hydrogen-bond acceptors (Lipinski definition) is 4. The molecule has 0 saturated carbocycles. The molecule has 0 fully saturated rings. The second-order valence-electron chi connectivity index (χ2n) is 4.64. The summed E-state index contributed by atoms with van der Waals surface area (Å²) in [7, 11) is 3.44. The maximum Gasteiger partial charge on any atom is 0.241 e. The average Bonchev–Trinajstić information content (AvgIpc) is 2.72. The van der Waals surface area contributed by atoms with E-state index in [-0.39, 0.29) is 12.5 Å². The van der Waals surface area contributed by atoms with Crippen molar-refractivity contribution in [2.24, 2.45) is 4.99 Å². The Bertz CT molecular complexity index is 460. The first-order chi connectivity index (χ1) is 9.45. The van der Waals surface area contributed by atoms with Crippen LogP contribution >= 0.6 is 0 Å². The van der Waals surface area contributed by atoms with Gasteiger partial charge in [0.05, 0.1) is 18.8 Å². The van der Waals surface area contributed by atoms with Crippen LogP contribution in [-0.4, -0.2) is 49.1 Å². The molecule has 0 aromatic carbocycles. The quantitative estimate of drug-likeness (QED) is 0.604. The normalized spacial score (nSPS) is 11.3. The number of carbonyl (C=O) groups is 1. The number of nitrogens with zero attached hydrogens (tertiary/aromatic N) is 3. The molecule has 0 unspecified atom stereocenters. The van der Waals surface area contributed by atoms with Gasteiger partial charge in [-0.25, -0.2) is 4.99 Å². The molecule has 7 nitrogen and oxygen atoms in total. The highest BCUT2D eigenvalue weighted by Crippen LogP contribution is 2.12.